The second kappa shape index (κ2) is 7.38. The number of hydrogen-bond donors (Lipinski definition) is 1. The van der Waals surface area contributed by atoms with E-state index >= 15 is 0 Å². The van der Waals surface area contributed by atoms with Gasteiger partial charge in [-0.3, -0.25) is 0 Å². The van der Waals surface area contributed by atoms with Gasteiger partial charge in [0.15, 0.2) is 0 Å². The van der Waals surface area contributed by atoms with Crippen LogP contribution >= 0.6 is 0 Å². The predicted octanol–water partition coefficient (Wildman–Crippen LogP) is 3.36. The van der Waals surface area contributed by atoms with E-state index in [1.54, 1.807) is 0 Å². The minimum Gasteiger partial charge on any atom is -0.381 e. The summed E-state index contributed by atoms with van der Waals surface area (Å²) in [5.74, 6) is 1.80. The highest BCUT2D eigenvalue weighted by molar-refractivity contribution is 4.78. The van der Waals surface area contributed by atoms with Gasteiger partial charge in [-0.05, 0) is 50.4 Å². The molecule has 1 saturated carbocycles. The molecule has 1 N–H and O–H groups in total. The van der Waals surface area contributed by atoms with Crippen LogP contribution in [-0.4, -0.2) is 25.8 Å². The molecule has 17 heavy (non-hydrogen) atoms. The Kier molecular flexibility index (Phi) is 5.79. The Hall–Kier alpha value is -0.0800. The fourth-order valence-corrected chi connectivity index (χ4v) is 3.37. The molecule has 0 amide bonds. The highest BCUT2D eigenvalue weighted by Gasteiger charge is 2.21. The molecule has 1 heterocycles. The van der Waals surface area contributed by atoms with Crippen molar-refractivity contribution in [1.29, 1.82) is 0 Å². The van der Waals surface area contributed by atoms with Crippen molar-refractivity contribution in [3.8, 4) is 0 Å². The van der Waals surface area contributed by atoms with Crippen LogP contribution in [0.2, 0.25) is 0 Å². The minimum absolute atomic E-state index is 0.775. The van der Waals surface area contributed by atoms with E-state index in [0.717, 1.165) is 31.1 Å². The minimum atomic E-state index is 0.775. The standard InChI is InChI=1S/C15H29NO/c1-2-4-13-6-8-15(9-7-13)16-11-14-5-3-10-17-12-14/h13-16H,2-12H2,1H3. The van der Waals surface area contributed by atoms with Crippen molar-refractivity contribution in [3.05, 3.63) is 0 Å². The summed E-state index contributed by atoms with van der Waals surface area (Å²) in [5, 5.41) is 3.77. The average molecular weight is 239 g/mol. The van der Waals surface area contributed by atoms with Gasteiger partial charge >= 0.3 is 0 Å². The first kappa shape index (κ1) is 13.4. The number of nitrogens with one attached hydrogen (secondary N) is 1. The molecule has 1 saturated heterocycles. The molecule has 0 aromatic rings. The second-order valence-electron chi connectivity index (χ2n) is 6.00. The fourth-order valence-electron chi connectivity index (χ4n) is 3.37. The van der Waals surface area contributed by atoms with E-state index in [0.29, 0.717) is 0 Å². The molecule has 0 aromatic heterocycles. The fraction of sp³-hybridized carbons (Fsp3) is 1.00. The van der Waals surface area contributed by atoms with Gasteiger partial charge in [0, 0.05) is 19.2 Å². The smallest absolute Gasteiger partial charge is 0.0506 e. The molecule has 2 aliphatic rings. The first-order valence-electron chi connectivity index (χ1n) is 7.69. The van der Waals surface area contributed by atoms with Crippen LogP contribution in [0.5, 0.6) is 0 Å². The Balaban J connectivity index is 1.57. The first-order chi connectivity index (χ1) is 8.38. The van der Waals surface area contributed by atoms with Crippen molar-refractivity contribution in [2.24, 2.45) is 11.8 Å². The van der Waals surface area contributed by atoms with Crippen molar-refractivity contribution >= 4 is 0 Å². The summed E-state index contributed by atoms with van der Waals surface area (Å²) in [6.45, 7) is 5.47. The van der Waals surface area contributed by atoms with Gasteiger partial charge in [-0.1, -0.05) is 19.8 Å². The quantitative estimate of drug-likeness (QED) is 0.794. The molecule has 0 spiro atoms. The van der Waals surface area contributed by atoms with Crippen LogP contribution < -0.4 is 5.32 Å². The van der Waals surface area contributed by atoms with Gasteiger partial charge in [0.05, 0.1) is 6.61 Å². The van der Waals surface area contributed by atoms with Crippen LogP contribution in [0.1, 0.15) is 58.3 Å². The van der Waals surface area contributed by atoms with Crippen LogP contribution in [0.25, 0.3) is 0 Å². The molecule has 0 aromatic carbocycles. The molecular weight excluding hydrogens is 210 g/mol. The van der Waals surface area contributed by atoms with E-state index in [1.807, 2.05) is 0 Å². The molecule has 1 aliphatic heterocycles. The van der Waals surface area contributed by atoms with E-state index in [-0.39, 0.29) is 0 Å². The van der Waals surface area contributed by atoms with E-state index < -0.39 is 0 Å². The van der Waals surface area contributed by atoms with Crippen molar-refractivity contribution < 1.29 is 4.74 Å². The van der Waals surface area contributed by atoms with E-state index in [1.165, 1.54) is 57.9 Å². The van der Waals surface area contributed by atoms with Gasteiger partial charge in [0.2, 0.25) is 0 Å². The third kappa shape index (κ3) is 4.59. The molecular formula is C15H29NO. The SMILES string of the molecule is CCCC1CCC(NCC2CCCOC2)CC1. The number of ether oxygens (including phenoxy) is 1. The van der Waals surface area contributed by atoms with Crippen molar-refractivity contribution in [3.63, 3.8) is 0 Å². The lowest BCUT2D eigenvalue weighted by atomic mass is 9.83. The topological polar surface area (TPSA) is 21.3 Å². The van der Waals surface area contributed by atoms with Gasteiger partial charge in [0.25, 0.3) is 0 Å². The van der Waals surface area contributed by atoms with E-state index in [9.17, 15) is 0 Å². The van der Waals surface area contributed by atoms with E-state index in [4.69, 9.17) is 4.74 Å². The Morgan fingerprint density at radius 2 is 1.88 bits per heavy atom. The van der Waals surface area contributed by atoms with Crippen LogP contribution in [-0.2, 0) is 4.74 Å². The summed E-state index contributed by atoms with van der Waals surface area (Å²) in [4.78, 5) is 0. The van der Waals surface area contributed by atoms with Crippen LogP contribution in [0.4, 0.5) is 0 Å². The predicted molar refractivity (Wildman–Crippen MR) is 72.2 cm³/mol. The molecule has 2 nitrogen and oxygen atoms in total. The third-order valence-corrected chi connectivity index (χ3v) is 4.49. The van der Waals surface area contributed by atoms with Crippen LogP contribution in [0.15, 0.2) is 0 Å². The van der Waals surface area contributed by atoms with Gasteiger partial charge in [-0.2, -0.15) is 0 Å². The lowest BCUT2D eigenvalue weighted by Crippen LogP contribution is -2.38. The molecule has 2 rings (SSSR count). The number of hydrogen-bond acceptors (Lipinski definition) is 2. The normalized spacial score (nSPS) is 34.8. The molecule has 2 fully saturated rings. The van der Waals surface area contributed by atoms with Crippen LogP contribution in [0, 0.1) is 11.8 Å². The molecule has 1 aliphatic carbocycles. The van der Waals surface area contributed by atoms with Gasteiger partial charge in [-0.15, -0.1) is 0 Å². The average Bonchev–Trinajstić information content (AvgIpc) is 2.40. The van der Waals surface area contributed by atoms with Gasteiger partial charge < -0.3 is 10.1 Å². The zero-order valence-corrected chi connectivity index (χ0v) is 11.4. The lowest BCUT2D eigenvalue weighted by Gasteiger charge is -2.31. The van der Waals surface area contributed by atoms with Gasteiger partial charge in [0.1, 0.15) is 0 Å². The highest BCUT2D eigenvalue weighted by atomic mass is 16.5. The highest BCUT2D eigenvalue weighted by Crippen LogP contribution is 2.27. The zero-order chi connectivity index (χ0) is 11.9. The molecule has 2 heteroatoms. The summed E-state index contributed by atoms with van der Waals surface area (Å²) in [6, 6.07) is 0.796. The van der Waals surface area contributed by atoms with E-state index in [2.05, 4.69) is 12.2 Å². The monoisotopic (exact) mass is 239 g/mol. The van der Waals surface area contributed by atoms with Gasteiger partial charge in [-0.25, -0.2) is 0 Å². The summed E-state index contributed by atoms with van der Waals surface area (Å²) >= 11 is 0. The summed E-state index contributed by atoms with van der Waals surface area (Å²) in [6.07, 6.45) is 11.1. The molecule has 0 bridgehead atoms. The summed E-state index contributed by atoms with van der Waals surface area (Å²) < 4.78 is 5.53. The maximum Gasteiger partial charge on any atom is 0.0506 e. The molecule has 1 unspecified atom stereocenters. The Morgan fingerprint density at radius 1 is 1.06 bits per heavy atom. The lowest BCUT2D eigenvalue weighted by molar-refractivity contribution is 0.0529. The zero-order valence-electron chi connectivity index (χ0n) is 11.4. The largest absolute Gasteiger partial charge is 0.381 e. The first-order valence-corrected chi connectivity index (χ1v) is 7.69. The maximum absolute atomic E-state index is 5.53. The van der Waals surface area contributed by atoms with Crippen molar-refractivity contribution in [2.45, 2.75) is 64.3 Å². The Morgan fingerprint density at radius 3 is 2.53 bits per heavy atom. The Bertz CT molecular complexity index is 193. The molecule has 1 atom stereocenters. The van der Waals surface area contributed by atoms with Crippen LogP contribution in [0.3, 0.4) is 0 Å². The summed E-state index contributed by atoms with van der Waals surface area (Å²) in [7, 11) is 0. The Labute approximate surface area is 107 Å². The number of rotatable bonds is 5. The van der Waals surface area contributed by atoms with Crippen molar-refractivity contribution in [1.82, 2.24) is 5.32 Å². The third-order valence-electron chi connectivity index (χ3n) is 4.49. The molecule has 100 valence electrons. The van der Waals surface area contributed by atoms with Crippen molar-refractivity contribution in [2.75, 3.05) is 19.8 Å². The summed E-state index contributed by atoms with van der Waals surface area (Å²) in [5.41, 5.74) is 0. The second-order valence-corrected chi connectivity index (χ2v) is 6.00. The maximum atomic E-state index is 5.53. The molecule has 0 radical (unpaired) electrons.